The number of aromatic nitrogens is 1. The van der Waals surface area contributed by atoms with E-state index in [-0.39, 0.29) is 0 Å². The smallest absolute Gasteiger partial charge is 0.191 e. The van der Waals surface area contributed by atoms with Gasteiger partial charge in [0.25, 0.3) is 0 Å². The van der Waals surface area contributed by atoms with Crippen molar-refractivity contribution < 1.29 is 9.47 Å². The molecule has 2 heterocycles. The van der Waals surface area contributed by atoms with Gasteiger partial charge in [-0.25, -0.2) is 0 Å². The van der Waals surface area contributed by atoms with E-state index in [1.807, 2.05) is 12.1 Å². The highest BCUT2D eigenvalue weighted by atomic mass is 16.5. The van der Waals surface area contributed by atoms with Crippen LogP contribution in [0.25, 0.3) is 0 Å². The second kappa shape index (κ2) is 11.1. The van der Waals surface area contributed by atoms with Crippen molar-refractivity contribution >= 4 is 5.96 Å². The summed E-state index contributed by atoms with van der Waals surface area (Å²) in [5.74, 6) is 1.47. The Morgan fingerprint density at radius 3 is 2.96 bits per heavy atom. The van der Waals surface area contributed by atoms with Crippen LogP contribution in [0.1, 0.15) is 19.8 Å². The van der Waals surface area contributed by atoms with Crippen molar-refractivity contribution in [3.05, 3.63) is 24.5 Å². The lowest BCUT2D eigenvalue weighted by Crippen LogP contribution is -2.38. The van der Waals surface area contributed by atoms with E-state index in [9.17, 15) is 0 Å². The Hall–Kier alpha value is -1.53. The van der Waals surface area contributed by atoms with Crippen molar-refractivity contribution in [2.24, 2.45) is 10.9 Å². The van der Waals surface area contributed by atoms with Gasteiger partial charge < -0.3 is 24.7 Å². The van der Waals surface area contributed by atoms with Crippen LogP contribution < -0.4 is 10.6 Å². The van der Waals surface area contributed by atoms with Crippen LogP contribution in [0.5, 0.6) is 0 Å². The summed E-state index contributed by atoms with van der Waals surface area (Å²) in [5.41, 5.74) is 0. The summed E-state index contributed by atoms with van der Waals surface area (Å²) in [6, 6.07) is 4.08. The summed E-state index contributed by atoms with van der Waals surface area (Å²) < 4.78 is 13.2. The molecule has 0 amide bonds. The summed E-state index contributed by atoms with van der Waals surface area (Å²) in [6.45, 7) is 8.85. The number of hydrogen-bond acceptors (Lipinski definition) is 3. The average molecular weight is 322 g/mol. The minimum atomic E-state index is 0.589. The monoisotopic (exact) mass is 322 g/mol. The maximum absolute atomic E-state index is 5.70. The molecule has 0 aromatic carbocycles. The largest absolute Gasteiger partial charge is 0.381 e. The fourth-order valence-electron chi connectivity index (χ4n) is 2.49. The topological polar surface area (TPSA) is 59.8 Å². The SMILES string of the molecule is CCNC(=NCCCOCC1CCOC1)NCCn1cccc1. The highest BCUT2D eigenvalue weighted by Gasteiger charge is 2.15. The van der Waals surface area contributed by atoms with Gasteiger partial charge in [0.05, 0.1) is 13.2 Å². The van der Waals surface area contributed by atoms with Crippen LogP contribution in [0.2, 0.25) is 0 Å². The molecular weight excluding hydrogens is 292 g/mol. The van der Waals surface area contributed by atoms with Gasteiger partial charge in [0.1, 0.15) is 0 Å². The van der Waals surface area contributed by atoms with E-state index in [1.165, 1.54) is 0 Å². The molecular formula is C17H30N4O2. The van der Waals surface area contributed by atoms with Crippen molar-refractivity contribution in [3.8, 4) is 0 Å². The molecule has 1 fully saturated rings. The first-order chi connectivity index (χ1) is 11.4. The standard InChI is InChI=1S/C17H30N4O2/c1-2-18-17(20-8-11-21-9-3-4-10-21)19-7-5-12-22-14-16-6-13-23-15-16/h3-4,9-10,16H,2,5-8,11-15H2,1H3,(H2,18,19,20). The summed E-state index contributed by atoms with van der Waals surface area (Å²) in [4.78, 5) is 4.58. The molecule has 1 aliphatic heterocycles. The normalized spacial score (nSPS) is 18.3. The number of ether oxygens (including phenoxy) is 2. The first-order valence-corrected chi connectivity index (χ1v) is 8.67. The summed E-state index contributed by atoms with van der Waals surface area (Å²) in [6.07, 6.45) is 6.22. The van der Waals surface area contributed by atoms with Crippen molar-refractivity contribution in [1.82, 2.24) is 15.2 Å². The third kappa shape index (κ3) is 7.52. The summed E-state index contributed by atoms with van der Waals surface area (Å²) in [5, 5.41) is 6.63. The fourth-order valence-corrected chi connectivity index (χ4v) is 2.49. The van der Waals surface area contributed by atoms with E-state index >= 15 is 0 Å². The first kappa shape index (κ1) is 17.8. The number of nitrogens with one attached hydrogen (secondary N) is 2. The van der Waals surface area contributed by atoms with Crippen LogP contribution >= 0.6 is 0 Å². The summed E-state index contributed by atoms with van der Waals surface area (Å²) in [7, 11) is 0. The molecule has 1 atom stereocenters. The van der Waals surface area contributed by atoms with Crippen LogP contribution in [0.15, 0.2) is 29.5 Å². The van der Waals surface area contributed by atoms with E-state index in [2.05, 4.69) is 39.5 Å². The molecule has 0 saturated carbocycles. The fraction of sp³-hybridized carbons (Fsp3) is 0.706. The van der Waals surface area contributed by atoms with E-state index < -0.39 is 0 Å². The molecule has 23 heavy (non-hydrogen) atoms. The molecule has 6 nitrogen and oxygen atoms in total. The Labute approximate surface area is 139 Å². The van der Waals surface area contributed by atoms with Crippen LogP contribution in [0.4, 0.5) is 0 Å². The maximum atomic E-state index is 5.70. The lowest BCUT2D eigenvalue weighted by molar-refractivity contribution is 0.0893. The predicted octanol–water partition coefficient (Wildman–Crippen LogP) is 1.49. The second-order valence-electron chi connectivity index (χ2n) is 5.77. The van der Waals surface area contributed by atoms with E-state index in [1.54, 1.807) is 0 Å². The van der Waals surface area contributed by atoms with Gasteiger partial charge in [0.2, 0.25) is 0 Å². The average Bonchev–Trinajstić information content (AvgIpc) is 3.24. The number of aliphatic imine (C=N–C) groups is 1. The highest BCUT2D eigenvalue weighted by molar-refractivity contribution is 5.79. The molecule has 1 saturated heterocycles. The molecule has 1 aliphatic rings. The van der Waals surface area contributed by atoms with Crippen LogP contribution in [0, 0.1) is 5.92 Å². The van der Waals surface area contributed by atoms with Gasteiger partial charge in [-0.3, -0.25) is 4.99 Å². The van der Waals surface area contributed by atoms with Crippen molar-refractivity contribution in [3.63, 3.8) is 0 Å². The van der Waals surface area contributed by atoms with Crippen molar-refractivity contribution in [1.29, 1.82) is 0 Å². The van der Waals surface area contributed by atoms with Gasteiger partial charge in [-0.2, -0.15) is 0 Å². The number of rotatable bonds is 10. The van der Waals surface area contributed by atoms with Gasteiger partial charge in [0.15, 0.2) is 5.96 Å². The molecule has 2 N–H and O–H groups in total. The van der Waals surface area contributed by atoms with Gasteiger partial charge in [0, 0.05) is 57.7 Å². The zero-order valence-corrected chi connectivity index (χ0v) is 14.2. The van der Waals surface area contributed by atoms with Gasteiger partial charge in [-0.1, -0.05) is 0 Å². The molecule has 6 heteroatoms. The van der Waals surface area contributed by atoms with Crippen LogP contribution in [-0.2, 0) is 16.0 Å². The highest BCUT2D eigenvalue weighted by Crippen LogP contribution is 2.12. The van der Waals surface area contributed by atoms with Crippen molar-refractivity contribution in [2.45, 2.75) is 26.3 Å². The zero-order valence-electron chi connectivity index (χ0n) is 14.2. The maximum Gasteiger partial charge on any atom is 0.191 e. The zero-order chi connectivity index (χ0) is 16.2. The number of nitrogens with zero attached hydrogens (tertiary/aromatic N) is 2. The Morgan fingerprint density at radius 2 is 2.22 bits per heavy atom. The van der Waals surface area contributed by atoms with E-state index in [0.717, 1.165) is 71.4 Å². The van der Waals surface area contributed by atoms with Crippen LogP contribution in [0.3, 0.4) is 0 Å². The third-order valence-corrected chi connectivity index (χ3v) is 3.77. The number of guanidine groups is 1. The van der Waals surface area contributed by atoms with Gasteiger partial charge >= 0.3 is 0 Å². The molecule has 0 spiro atoms. The van der Waals surface area contributed by atoms with Gasteiger partial charge in [-0.05, 0) is 31.9 Å². The van der Waals surface area contributed by atoms with E-state index in [0.29, 0.717) is 5.92 Å². The third-order valence-electron chi connectivity index (χ3n) is 3.77. The Balaban J connectivity index is 1.54. The lowest BCUT2D eigenvalue weighted by Gasteiger charge is -2.12. The molecule has 0 radical (unpaired) electrons. The lowest BCUT2D eigenvalue weighted by atomic mass is 10.1. The Kier molecular flexibility index (Phi) is 8.58. The molecule has 1 unspecified atom stereocenters. The molecule has 130 valence electrons. The molecule has 1 aromatic rings. The molecule has 0 bridgehead atoms. The minimum absolute atomic E-state index is 0.589. The van der Waals surface area contributed by atoms with Crippen molar-refractivity contribution in [2.75, 3.05) is 46.1 Å². The molecule has 2 rings (SSSR count). The predicted molar refractivity (Wildman–Crippen MR) is 92.8 cm³/mol. The summed E-state index contributed by atoms with van der Waals surface area (Å²) >= 11 is 0. The van der Waals surface area contributed by atoms with E-state index in [4.69, 9.17) is 9.47 Å². The Morgan fingerprint density at radius 1 is 1.35 bits per heavy atom. The van der Waals surface area contributed by atoms with Gasteiger partial charge in [-0.15, -0.1) is 0 Å². The Bertz CT molecular complexity index is 428. The first-order valence-electron chi connectivity index (χ1n) is 8.67. The quantitative estimate of drug-likeness (QED) is 0.389. The minimum Gasteiger partial charge on any atom is -0.381 e. The number of hydrogen-bond donors (Lipinski definition) is 2. The second-order valence-corrected chi connectivity index (χ2v) is 5.77. The molecule has 1 aromatic heterocycles. The van der Waals surface area contributed by atoms with Crippen LogP contribution in [-0.4, -0.2) is 56.6 Å². The molecule has 0 aliphatic carbocycles.